The number of hydrogen-bond acceptors (Lipinski definition) is 2. The topological polar surface area (TPSA) is 55.1 Å². The van der Waals surface area contributed by atoms with Crippen molar-refractivity contribution < 1.29 is 4.79 Å². The molecule has 1 unspecified atom stereocenters. The standard InChI is InChI=1S/C16H24N2O/c1-16(10-6-3-7-11-16)15(19)18-12-14(17)13-8-4-2-5-9-13/h2,4-5,8-9,14H,3,6-7,10-12,17H2,1H3,(H,18,19). The van der Waals surface area contributed by atoms with E-state index in [-0.39, 0.29) is 17.4 Å². The minimum Gasteiger partial charge on any atom is -0.354 e. The number of nitrogens with one attached hydrogen (secondary N) is 1. The average molecular weight is 260 g/mol. The normalized spacial score (nSPS) is 19.7. The summed E-state index contributed by atoms with van der Waals surface area (Å²) in [4.78, 5) is 12.3. The fraction of sp³-hybridized carbons (Fsp3) is 0.562. The van der Waals surface area contributed by atoms with Gasteiger partial charge in [0.25, 0.3) is 0 Å². The Balaban J connectivity index is 1.86. The van der Waals surface area contributed by atoms with Crippen LogP contribution in [0.15, 0.2) is 30.3 Å². The first-order valence-electron chi connectivity index (χ1n) is 7.21. The largest absolute Gasteiger partial charge is 0.354 e. The van der Waals surface area contributed by atoms with E-state index in [1.165, 1.54) is 6.42 Å². The van der Waals surface area contributed by atoms with Crippen molar-refractivity contribution in [1.82, 2.24) is 5.32 Å². The third-order valence-corrected chi connectivity index (χ3v) is 4.22. The van der Waals surface area contributed by atoms with E-state index in [1.807, 2.05) is 30.3 Å². The molecular weight excluding hydrogens is 236 g/mol. The molecule has 1 fully saturated rings. The van der Waals surface area contributed by atoms with Crippen LogP contribution in [-0.4, -0.2) is 12.5 Å². The smallest absolute Gasteiger partial charge is 0.226 e. The van der Waals surface area contributed by atoms with Crippen molar-refractivity contribution in [3.63, 3.8) is 0 Å². The van der Waals surface area contributed by atoms with Crippen molar-refractivity contribution in [2.45, 2.75) is 45.1 Å². The van der Waals surface area contributed by atoms with Crippen LogP contribution in [0.1, 0.15) is 50.6 Å². The lowest BCUT2D eigenvalue weighted by molar-refractivity contribution is -0.131. The van der Waals surface area contributed by atoms with Gasteiger partial charge in [0.05, 0.1) is 0 Å². The molecule has 1 amide bonds. The van der Waals surface area contributed by atoms with Crippen molar-refractivity contribution in [2.75, 3.05) is 6.54 Å². The van der Waals surface area contributed by atoms with Crippen LogP contribution in [0.5, 0.6) is 0 Å². The average Bonchev–Trinajstić information content (AvgIpc) is 2.46. The van der Waals surface area contributed by atoms with Gasteiger partial charge in [-0.3, -0.25) is 4.79 Å². The molecule has 19 heavy (non-hydrogen) atoms. The Morgan fingerprint density at radius 2 is 1.89 bits per heavy atom. The van der Waals surface area contributed by atoms with Crippen molar-refractivity contribution in [3.8, 4) is 0 Å². The van der Waals surface area contributed by atoms with E-state index in [1.54, 1.807) is 0 Å². The van der Waals surface area contributed by atoms with Gasteiger partial charge in [-0.1, -0.05) is 56.5 Å². The maximum Gasteiger partial charge on any atom is 0.226 e. The SMILES string of the molecule is CC1(C(=O)NCC(N)c2ccccc2)CCCCC1. The molecule has 104 valence electrons. The summed E-state index contributed by atoms with van der Waals surface area (Å²) in [7, 11) is 0. The molecular formula is C16H24N2O. The van der Waals surface area contributed by atoms with Crippen LogP contribution >= 0.6 is 0 Å². The molecule has 0 spiro atoms. The van der Waals surface area contributed by atoms with Crippen LogP contribution in [0.3, 0.4) is 0 Å². The van der Waals surface area contributed by atoms with Crippen LogP contribution < -0.4 is 11.1 Å². The number of carbonyl (C=O) groups is 1. The first-order valence-corrected chi connectivity index (χ1v) is 7.21. The molecule has 0 aliphatic heterocycles. The summed E-state index contributed by atoms with van der Waals surface area (Å²) in [5.41, 5.74) is 6.98. The Labute approximate surface area is 115 Å². The van der Waals surface area contributed by atoms with Crippen LogP contribution in [-0.2, 0) is 4.79 Å². The van der Waals surface area contributed by atoms with E-state index in [2.05, 4.69) is 12.2 Å². The maximum absolute atomic E-state index is 12.3. The Bertz CT molecular complexity index is 410. The number of hydrogen-bond donors (Lipinski definition) is 2. The molecule has 1 aliphatic rings. The molecule has 1 saturated carbocycles. The highest BCUT2D eigenvalue weighted by Gasteiger charge is 2.34. The Kier molecular flexibility index (Phi) is 4.59. The highest BCUT2D eigenvalue weighted by atomic mass is 16.2. The first kappa shape index (κ1) is 14.1. The lowest BCUT2D eigenvalue weighted by Crippen LogP contribution is -2.42. The molecule has 0 radical (unpaired) electrons. The molecule has 0 aromatic heterocycles. The molecule has 1 aromatic carbocycles. The summed E-state index contributed by atoms with van der Waals surface area (Å²) in [6.45, 7) is 2.59. The first-order chi connectivity index (χ1) is 9.12. The van der Waals surface area contributed by atoms with Crippen LogP contribution in [0.2, 0.25) is 0 Å². The van der Waals surface area contributed by atoms with Gasteiger partial charge < -0.3 is 11.1 Å². The Morgan fingerprint density at radius 3 is 2.53 bits per heavy atom. The molecule has 3 N–H and O–H groups in total. The van der Waals surface area contributed by atoms with E-state index in [4.69, 9.17) is 5.73 Å². The highest BCUT2D eigenvalue weighted by Crippen LogP contribution is 2.35. The molecule has 1 aromatic rings. The molecule has 3 nitrogen and oxygen atoms in total. The van der Waals surface area contributed by atoms with E-state index < -0.39 is 0 Å². The lowest BCUT2D eigenvalue weighted by Gasteiger charge is -2.32. The number of nitrogens with two attached hydrogens (primary N) is 1. The molecule has 2 rings (SSSR count). The van der Waals surface area contributed by atoms with Gasteiger partial charge >= 0.3 is 0 Å². The van der Waals surface area contributed by atoms with E-state index in [0.29, 0.717) is 6.54 Å². The fourth-order valence-corrected chi connectivity index (χ4v) is 2.79. The second kappa shape index (κ2) is 6.20. The van der Waals surface area contributed by atoms with Gasteiger partial charge in [-0.05, 0) is 18.4 Å². The number of carbonyl (C=O) groups excluding carboxylic acids is 1. The third kappa shape index (κ3) is 3.57. The zero-order chi connectivity index (χ0) is 13.7. The van der Waals surface area contributed by atoms with Crippen molar-refractivity contribution in [1.29, 1.82) is 0 Å². The summed E-state index contributed by atoms with van der Waals surface area (Å²) in [5.74, 6) is 0.165. The fourth-order valence-electron chi connectivity index (χ4n) is 2.79. The van der Waals surface area contributed by atoms with Gasteiger partial charge in [0.15, 0.2) is 0 Å². The van der Waals surface area contributed by atoms with E-state index in [0.717, 1.165) is 31.2 Å². The second-order valence-electron chi connectivity index (χ2n) is 5.85. The van der Waals surface area contributed by atoms with Crippen LogP contribution in [0.25, 0.3) is 0 Å². The van der Waals surface area contributed by atoms with Gasteiger partial charge in [-0.2, -0.15) is 0 Å². The minimum absolute atomic E-state index is 0.127. The Hall–Kier alpha value is -1.35. The highest BCUT2D eigenvalue weighted by molar-refractivity contribution is 5.82. The zero-order valence-corrected chi connectivity index (χ0v) is 11.7. The molecule has 3 heteroatoms. The van der Waals surface area contributed by atoms with E-state index >= 15 is 0 Å². The summed E-state index contributed by atoms with van der Waals surface area (Å²) in [5, 5.41) is 3.03. The third-order valence-electron chi connectivity index (χ3n) is 4.22. The molecule has 1 atom stereocenters. The van der Waals surface area contributed by atoms with Crippen LogP contribution in [0.4, 0.5) is 0 Å². The number of amides is 1. The van der Waals surface area contributed by atoms with Crippen LogP contribution in [0, 0.1) is 5.41 Å². The quantitative estimate of drug-likeness (QED) is 0.874. The molecule has 0 bridgehead atoms. The predicted octanol–water partition coefficient (Wildman–Crippen LogP) is 2.77. The maximum atomic E-state index is 12.3. The van der Waals surface area contributed by atoms with Gasteiger partial charge in [0.1, 0.15) is 0 Å². The van der Waals surface area contributed by atoms with Gasteiger partial charge in [-0.15, -0.1) is 0 Å². The Morgan fingerprint density at radius 1 is 1.26 bits per heavy atom. The zero-order valence-electron chi connectivity index (χ0n) is 11.7. The molecule has 0 heterocycles. The monoisotopic (exact) mass is 260 g/mol. The number of benzene rings is 1. The van der Waals surface area contributed by atoms with Gasteiger partial charge in [-0.25, -0.2) is 0 Å². The van der Waals surface area contributed by atoms with Crippen molar-refractivity contribution >= 4 is 5.91 Å². The summed E-state index contributed by atoms with van der Waals surface area (Å²) < 4.78 is 0. The van der Waals surface area contributed by atoms with E-state index in [9.17, 15) is 4.79 Å². The molecule has 0 saturated heterocycles. The van der Waals surface area contributed by atoms with Gasteiger partial charge in [0.2, 0.25) is 5.91 Å². The second-order valence-corrected chi connectivity index (χ2v) is 5.85. The molecule has 1 aliphatic carbocycles. The predicted molar refractivity (Wildman–Crippen MR) is 77.6 cm³/mol. The summed E-state index contributed by atoms with van der Waals surface area (Å²) in [6.07, 6.45) is 5.58. The van der Waals surface area contributed by atoms with Crippen molar-refractivity contribution in [2.24, 2.45) is 11.1 Å². The summed E-state index contributed by atoms with van der Waals surface area (Å²) >= 11 is 0. The van der Waals surface area contributed by atoms with Crippen molar-refractivity contribution in [3.05, 3.63) is 35.9 Å². The summed E-state index contributed by atoms with van der Waals surface area (Å²) in [6, 6.07) is 9.78. The lowest BCUT2D eigenvalue weighted by atomic mass is 9.75. The van der Waals surface area contributed by atoms with Gasteiger partial charge in [0, 0.05) is 18.0 Å². The number of rotatable bonds is 4. The minimum atomic E-state index is -0.186.